The lowest BCUT2D eigenvalue weighted by molar-refractivity contribution is 0.106. The summed E-state index contributed by atoms with van der Waals surface area (Å²) in [5.74, 6) is 0. The smallest absolute Gasteiger partial charge is 0.203 e. The van der Waals surface area contributed by atoms with Crippen molar-refractivity contribution < 1.29 is 4.74 Å². The maximum absolute atomic E-state index is 5.98. The number of ether oxygens (including phenoxy) is 1. The fourth-order valence-electron chi connectivity index (χ4n) is 1.19. The monoisotopic (exact) mass is 255 g/mol. The normalized spacial score (nSPS) is 10.6. The summed E-state index contributed by atoms with van der Waals surface area (Å²) in [6.07, 6.45) is 0. The Morgan fingerprint density at radius 1 is 1.25 bits per heavy atom. The molecule has 0 bridgehead atoms. The summed E-state index contributed by atoms with van der Waals surface area (Å²) in [5.41, 5.74) is 6.41. The molecule has 0 aliphatic rings. The summed E-state index contributed by atoms with van der Waals surface area (Å²) in [4.78, 5) is 0. The second-order valence-electron chi connectivity index (χ2n) is 3.12. The van der Waals surface area contributed by atoms with Gasteiger partial charge in [-0.3, -0.25) is 0 Å². The molecule has 2 N–H and O–H groups in total. The number of halogens is 1. The molecule has 1 aromatic carbocycles. The van der Waals surface area contributed by atoms with Gasteiger partial charge in [0.25, 0.3) is 0 Å². The number of nitrogen functional groups attached to an aromatic ring is 1. The lowest BCUT2D eigenvalue weighted by atomic mass is 10.2. The van der Waals surface area contributed by atoms with Crippen LogP contribution in [0.25, 0.3) is 0 Å². The third-order valence-corrected chi connectivity index (χ3v) is 3.02. The van der Waals surface area contributed by atoms with Gasteiger partial charge in [-0.2, -0.15) is 0 Å². The maximum Gasteiger partial charge on any atom is 0.203 e. The molecule has 0 fully saturated rings. The minimum absolute atomic E-state index is 0.403. The van der Waals surface area contributed by atoms with Crippen LogP contribution in [0.3, 0.4) is 0 Å². The fraction of sp³-hybridized carbons (Fsp3) is 0.200. The van der Waals surface area contributed by atoms with E-state index >= 15 is 0 Å². The summed E-state index contributed by atoms with van der Waals surface area (Å²) in [6.45, 7) is 0.860. The fourth-order valence-corrected chi connectivity index (χ4v) is 1.93. The number of nitrogens with two attached hydrogens (primary N) is 1. The van der Waals surface area contributed by atoms with Crippen molar-refractivity contribution in [3.8, 4) is 0 Å². The molecule has 0 atom stereocenters. The zero-order valence-corrected chi connectivity index (χ0v) is 9.96. The summed E-state index contributed by atoms with van der Waals surface area (Å²) < 4.78 is 5.47. The van der Waals surface area contributed by atoms with Gasteiger partial charge in [0.2, 0.25) is 5.13 Å². The molecule has 0 aliphatic heterocycles. The van der Waals surface area contributed by atoms with E-state index in [1.165, 1.54) is 11.3 Å². The van der Waals surface area contributed by atoms with Crippen LogP contribution in [0.5, 0.6) is 0 Å². The van der Waals surface area contributed by atoms with E-state index in [1.807, 2.05) is 24.3 Å². The molecule has 1 aromatic heterocycles. The van der Waals surface area contributed by atoms with E-state index in [2.05, 4.69) is 10.2 Å². The minimum Gasteiger partial charge on any atom is -0.374 e. The Kier molecular flexibility index (Phi) is 3.71. The van der Waals surface area contributed by atoms with E-state index < -0.39 is 0 Å². The molecule has 2 rings (SSSR count). The molecule has 0 saturated carbocycles. The highest BCUT2D eigenvalue weighted by atomic mass is 35.5. The standard InChI is InChI=1S/C10H10ClN3OS/c11-8-4-2-1-3-7(8)5-15-6-9-13-14-10(12)16-9/h1-4H,5-6H2,(H2,12,14). The second-order valence-corrected chi connectivity index (χ2v) is 4.62. The predicted octanol–water partition coefficient (Wildman–Crippen LogP) is 2.49. The molecule has 0 aliphatic carbocycles. The molecule has 2 aromatic rings. The molecular weight excluding hydrogens is 246 g/mol. The zero-order chi connectivity index (χ0) is 11.4. The second kappa shape index (κ2) is 5.25. The third-order valence-electron chi connectivity index (χ3n) is 1.92. The van der Waals surface area contributed by atoms with Gasteiger partial charge in [0.1, 0.15) is 11.6 Å². The van der Waals surface area contributed by atoms with Gasteiger partial charge in [0.15, 0.2) is 0 Å². The molecule has 16 heavy (non-hydrogen) atoms. The largest absolute Gasteiger partial charge is 0.374 e. The molecule has 0 unspecified atom stereocenters. The highest BCUT2D eigenvalue weighted by molar-refractivity contribution is 7.15. The topological polar surface area (TPSA) is 61.0 Å². The summed E-state index contributed by atoms with van der Waals surface area (Å²) >= 11 is 7.31. The Hall–Kier alpha value is -1.17. The van der Waals surface area contributed by atoms with Crippen molar-refractivity contribution >= 4 is 28.1 Å². The molecule has 84 valence electrons. The van der Waals surface area contributed by atoms with E-state index in [4.69, 9.17) is 22.1 Å². The summed E-state index contributed by atoms with van der Waals surface area (Å²) in [5, 5.41) is 9.49. The Morgan fingerprint density at radius 3 is 2.75 bits per heavy atom. The predicted molar refractivity (Wildman–Crippen MR) is 64.3 cm³/mol. The van der Waals surface area contributed by atoms with Crippen LogP contribution < -0.4 is 5.73 Å². The van der Waals surface area contributed by atoms with E-state index in [1.54, 1.807) is 0 Å². The van der Waals surface area contributed by atoms with Crippen LogP contribution in [0.15, 0.2) is 24.3 Å². The average molecular weight is 256 g/mol. The average Bonchev–Trinajstić information content (AvgIpc) is 2.67. The molecule has 0 amide bonds. The molecule has 6 heteroatoms. The number of nitrogens with zero attached hydrogens (tertiary/aromatic N) is 2. The van der Waals surface area contributed by atoms with Gasteiger partial charge >= 0.3 is 0 Å². The first-order valence-electron chi connectivity index (χ1n) is 4.64. The first-order valence-corrected chi connectivity index (χ1v) is 5.84. The molecule has 1 heterocycles. The highest BCUT2D eigenvalue weighted by Gasteiger charge is 2.02. The molecular formula is C10H10ClN3OS. The summed E-state index contributed by atoms with van der Waals surface area (Å²) in [6, 6.07) is 7.57. The molecule has 0 radical (unpaired) electrons. The van der Waals surface area contributed by atoms with Crippen LogP contribution in [-0.4, -0.2) is 10.2 Å². The number of hydrogen-bond acceptors (Lipinski definition) is 5. The first-order chi connectivity index (χ1) is 7.75. The first kappa shape index (κ1) is 11.3. The van der Waals surface area contributed by atoms with Gasteiger partial charge < -0.3 is 10.5 Å². The van der Waals surface area contributed by atoms with Crippen molar-refractivity contribution in [2.45, 2.75) is 13.2 Å². The van der Waals surface area contributed by atoms with Crippen LogP contribution in [0.2, 0.25) is 5.02 Å². The van der Waals surface area contributed by atoms with E-state index in [9.17, 15) is 0 Å². The van der Waals surface area contributed by atoms with Crippen LogP contribution >= 0.6 is 22.9 Å². The number of benzene rings is 1. The number of aromatic nitrogens is 2. The van der Waals surface area contributed by atoms with Crippen LogP contribution in [0.1, 0.15) is 10.6 Å². The number of hydrogen-bond donors (Lipinski definition) is 1. The lowest BCUT2D eigenvalue weighted by Crippen LogP contribution is -1.94. The van der Waals surface area contributed by atoms with Crippen LogP contribution in [-0.2, 0) is 18.0 Å². The number of rotatable bonds is 4. The van der Waals surface area contributed by atoms with Gasteiger partial charge in [0, 0.05) is 5.02 Å². The van der Waals surface area contributed by atoms with E-state index in [0.29, 0.717) is 23.4 Å². The lowest BCUT2D eigenvalue weighted by Gasteiger charge is -2.03. The highest BCUT2D eigenvalue weighted by Crippen LogP contribution is 2.17. The van der Waals surface area contributed by atoms with E-state index in [-0.39, 0.29) is 0 Å². The van der Waals surface area contributed by atoms with Crippen molar-refractivity contribution in [1.29, 1.82) is 0 Å². The Balaban J connectivity index is 1.87. The third kappa shape index (κ3) is 2.91. The van der Waals surface area contributed by atoms with E-state index in [0.717, 1.165) is 10.6 Å². The Bertz CT molecular complexity index is 475. The number of anilines is 1. The Labute approximate surface area is 102 Å². The minimum atomic E-state index is 0.403. The van der Waals surface area contributed by atoms with Gasteiger partial charge in [0.05, 0.1) is 6.61 Å². The maximum atomic E-state index is 5.98. The summed E-state index contributed by atoms with van der Waals surface area (Å²) in [7, 11) is 0. The van der Waals surface area contributed by atoms with Crippen molar-refractivity contribution in [3.63, 3.8) is 0 Å². The van der Waals surface area contributed by atoms with Gasteiger partial charge in [-0.1, -0.05) is 41.1 Å². The van der Waals surface area contributed by atoms with Gasteiger partial charge in [-0.25, -0.2) is 0 Å². The molecule has 4 nitrogen and oxygen atoms in total. The van der Waals surface area contributed by atoms with Crippen molar-refractivity contribution in [1.82, 2.24) is 10.2 Å². The SMILES string of the molecule is Nc1nnc(COCc2ccccc2Cl)s1. The van der Waals surface area contributed by atoms with Crippen molar-refractivity contribution in [3.05, 3.63) is 39.9 Å². The van der Waals surface area contributed by atoms with Gasteiger partial charge in [-0.15, -0.1) is 10.2 Å². The zero-order valence-electron chi connectivity index (χ0n) is 8.39. The van der Waals surface area contributed by atoms with Crippen LogP contribution in [0.4, 0.5) is 5.13 Å². The molecule has 0 spiro atoms. The quantitative estimate of drug-likeness (QED) is 0.912. The Morgan fingerprint density at radius 2 is 2.06 bits per heavy atom. The van der Waals surface area contributed by atoms with Gasteiger partial charge in [-0.05, 0) is 11.6 Å². The van der Waals surface area contributed by atoms with Crippen molar-refractivity contribution in [2.24, 2.45) is 0 Å². The van der Waals surface area contributed by atoms with Crippen molar-refractivity contribution in [2.75, 3.05) is 5.73 Å². The van der Waals surface area contributed by atoms with Crippen LogP contribution in [0, 0.1) is 0 Å². The molecule has 0 saturated heterocycles.